The van der Waals surface area contributed by atoms with Crippen molar-refractivity contribution in [2.45, 2.75) is 19.8 Å². The van der Waals surface area contributed by atoms with Gasteiger partial charge < -0.3 is 10.2 Å². The first-order valence-corrected chi connectivity index (χ1v) is 9.54. The molecular weight excluding hydrogens is 395 g/mol. The van der Waals surface area contributed by atoms with E-state index in [1.165, 1.54) is 23.2 Å². The molecule has 4 rings (SSSR count). The van der Waals surface area contributed by atoms with Gasteiger partial charge in [-0.2, -0.15) is 5.10 Å². The molecule has 1 N–H and O–H groups in total. The van der Waals surface area contributed by atoms with Crippen molar-refractivity contribution in [1.29, 1.82) is 0 Å². The fourth-order valence-electron chi connectivity index (χ4n) is 3.40. The number of hydrogen-bond acceptors (Lipinski definition) is 3. The second-order valence-electron chi connectivity index (χ2n) is 6.78. The highest BCUT2D eigenvalue weighted by molar-refractivity contribution is 6.32. The van der Waals surface area contributed by atoms with Gasteiger partial charge in [0.2, 0.25) is 5.91 Å². The van der Waals surface area contributed by atoms with Gasteiger partial charge in [0, 0.05) is 18.7 Å². The van der Waals surface area contributed by atoms with E-state index < -0.39 is 11.7 Å². The van der Waals surface area contributed by atoms with E-state index in [4.69, 9.17) is 11.6 Å². The smallest absolute Gasteiger partial charge is 0.259 e. The summed E-state index contributed by atoms with van der Waals surface area (Å²) in [7, 11) is 0. The Morgan fingerprint density at radius 3 is 2.69 bits per heavy atom. The Labute approximate surface area is 171 Å². The molecule has 2 aromatic carbocycles. The molecule has 1 aliphatic heterocycles. The summed E-state index contributed by atoms with van der Waals surface area (Å²) in [5, 5.41) is 7.45. The van der Waals surface area contributed by atoms with Crippen LogP contribution in [0.4, 0.5) is 15.8 Å². The average molecular weight is 413 g/mol. The van der Waals surface area contributed by atoms with Crippen molar-refractivity contribution in [3.63, 3.8) is 0 Å². The number of para-hydroxylation sites is 1. The minimum absolute atomic E-state index is 0.0942. The molecule has 0 atom stereocenters. The molecule has 148 valence electrons. The quantitative estimate of drug-likeness (QED) is 0.692. The lowest BCUT2D eigenvalue weighted by molar-refractivity contribution is -0.117. The number of carbonyl (C=O) groups excluding carboxylic acids is 2. The summed E-state index contributed by atoms with van der Waals surface area (Å²) in [6.07, 6.45) is 2.58. The van der Waals surface area contributed by atoms with Gasteiger partial charge in [-0.15, -0.1) is 0 Å². The highest BCUT2D eigenvalue weighted by Crippen LogP contribution is 2.27. The first-order chi connectivity index (χ1) is 14.0. The van der Waals surface area contributed by atoms with Crippen LogP contribution in [0.25, 0.3) is 5.69 Å². The second-order valence-corrected chi connectivity index (χ2v) is 7.18. The Balaban J connectivity index is 1.55. The number of rotatable bonds is 4. The third kappa shape index (κ3) is 3.61. The van der Waals surface area contributed by atoms with Crippen molar-refractivity contribution in [2.24, 2.45) is 0 Å². The summed E-state index contributed by atoms with van der Waals surface area (Å²) in [4.78, 5) is 25.9. The number of halogens is 2. The Bertz CT molecular complexity index is 1110. The standard InChI is InChI=1S/C21H18ClFN4O2/c1-13-15(12-24-27(13)18-6-3-2-5-16(18)22)21(29)25-14-8-9-19(17(23)11-14)26-10-4-7-20(26)28/h2-3,5-6,8-9,11-12H,4,7,10H2,1H3,(H,25,29). The molecule has 2 amide bonds. The van der Waals surface area contributed by atoms with Crippen molar-refractivity contribution in [2.75, 3.05) is 16.8 Å². The Morgan fingerprint density at radius 1 is 1.21 bits per heavy atom. The van der Waals surface area contributed by atoms with E-state index in [-0.39, 0.29) is 11.6 Å². The molecule has 6 nitrogen and oxygen atoms in total. The zero-order valence-electron chi connectivity index (χ0n) is 15.7. The molecule has 0 spiro atoms. The van der Waals surface area contributed by atoms with Crippen LogP contribution in [-0.2, 0) is 4.79 Å². The summed E-state index contributed by atoms with van der Waals surface area (Å²) in [5.74, 6) is -1.06. The molecule has 0 saturated carbocycles. The first kappa shape index (κ1) is 19.1. The van der Waals surface area contributed by atoms with Crippen LogP contribution >= 0.6 is 11.6 Å². The van der Waals surface area contributed by atoms with Gasteiger partial charge in [-0.1, -0.05) is 23.7 Å². The number of amides is 2. The molecule has 1 saturated heterocycles. The SMILES string of the molecule is Cc1c(C(=O)Nc2ccc(N3CCCC3=O)c(F)c2)cnn1-c1ccccc1Cl. The van der Waals surface area contributed by atoms with Crippen molar-refractivity contribution < 1.29 is 14.0 Å². The number of nitrogens with zero attached hydrogens (tertiary/aromatic N) is 3. The highest BCUT2D eigenvalue weighted by Gasteiger charge is 2.24. The lowest BCUT2D eigenvalue weighted by Crippen LogP contribution is -2.24. The van der Waals surface area contributed by atoms with Crippen molar-refractivity contribution in [1.82, 2.24) is 9.78 Å². The van der Waals surface area contributed by atoms with Crippen LogP contribution in [0.5, 0.6) is 0 Å². The summed E-state index contributed by atoms with van der Waals surface area (Å²) in [6.45, 7) is 2.26. The number of aromatic nitrogens is 2. The van der Waals surface area contributed by atoms with Gasteiger partial charge in [0.1, 0.15) is 5.82 Å². The fourth-order valence-corrected chi connectivity index (χ4v) is 3.62. The van der Waals surface area contributed by atoms with E-state index in [1.807, 2.05) is 12.1 Å². The molecule has 8 heteroatoms. The van der Waals surface area contributed by atoms with Crippen LogP contribution < -0.4 is 10.2 Å². The van der Waals surface area contributed by atoms with Crippen LogP contribution in [-0.4, -0.2) is 28.1 Å². The number of hydrogen-bond donors (Lipinski definition) is 1. The minimum atomic E-state index is -0.554. The maximum Gasteiger partial charge on any atom is 0.259 e. The summed E-state index contributed by atoms with van der Waals surface area (Å²) < 4.78 is 16.1. The highest BCUT2D eigenvalue weighted by atomic mass is 35.5. The lowest BCUT2D eigenvalue weighted by Gasteiger charge is -2.17. The molecular formula is C21H18ClFN4O2. The molecule has 29 heavy (non-hydrogen) atoms. The number of anilines is 2. The van der Waals surface area contributed by atoms with Gasteiger partial charge in [0.25, 0.3) is 5.91 Å². The van der Waals surface area contributed by atoms with E-state index in [0.29, 0.717) is 47.0 Å². The van der Waals surface area contributed by atoms with Crippen LogP contribution in [0.15, 0.2) is 48.7 Å². The van der Waals surface area contributed by atoms with Gasteiger partial charge in [-0.3, -0.25) is 9.59 Å². The summed E-state index contributed by atoms with van der Waals surface area (Å²) in [6, 6.07) is 11.5. The lowest BCUT2D eigenvalue weighted by atomic mass is 10.2. The zero-order chi connectivity index (χ0) is 20.5. The number of benzene rings is 2. The number of nitrogens with one attached hydrogen (secondary N) is 1. The molecule has 0 bridgehead atoms. The van der Waals surface area contributed by atoms with E-state index in [0.717, 1.165) is 0 Å². The Kier molecular flexibility index (Phi) is 5.07. The maximum absolute atomic E-state index is 14.5. The van der Waals surface area contributed by atoms with Crippen LogP contribution in [0.2, 0.25) is 5.02 Å². The van der Waals surface area contributed by atoms with Gasteiger partial charge >= 0.3 is 0 Å². The molecule has 1 aliphatic rings. The largest absolute Gasteiger partial charge is 0.322 e. The third-order valence-electron chi connectivity index (χ3n) is 4.90. The van der Waals surface area contributed by atoms with E-state index in [1.54, 1.807) is 29.8 Å². The fraction of sp³-hybridized carbons (Fsp3) is 0.190. The molecule has 1 aromatic heterocycles. The van der Waals surface area contributed by atoms with Gasteiger partial charge in [0.15, 0.2) is 0 Å². The zero-order valence-corrected chi connectivity index (χ0v) is 16.4. The van der Waals surface area contributed by atoms with Crippen molar-refractivity contribution in [3.8, 4) is 5.69 Å². The Hall–Kier alpha value is -3.19. The molecule has 3 aromatic rings. The van der Waals surface area contributed by atoms with Gasteiger partial charge in [-0.05, 0) is 43.7 Å². The predicted molar refractivity (Wildman–Crippen MR) is 109 cm³/mol. The van der Waals surface area contributed by atoms with Crippen molar-refractivity contribution in [3.05, 3.63) is 70.8 Å². The van der Waals surface area contributed by atoms with E-state index in [9.17, 15) is 14.0 Å². The molecule has 0 aliphatic carbocycles. The molecule has 1 fully saturated rings. The van der Waals surface area contributed by atoms with Crippen LogP contribution in [0, 0.1) is 12.7 Å². The summed E-state index contributed by atoms with van der Waals surface area (Å²) in [5.41, 5.74) is 2.15. The van der Waals surface area contributed by atoms with Crippen molar-refractivity contribution >= 4 is 34.8 Å². The second kappa shape index (κ2) is 7.67. The summed E-state index contributed by atoms with van der Waals surface area (Å²) >= 11 is 6.21. The van der Waals surface area contributed by atoms with Crippen LogP contribution in [0.3, 0.4) is 0 Å². The average Bonchev–Trinajstić information content (AvgIpc) is 3.28. The first-order valence-electron chi connectivity index (χ1n) is 9.16. The van der Waals surface area contributed by atoms with Gasteiger partial charge in [0.05, 0.1) is 33.9 Å². The third-order valence-corrected chi connectivity index (χ3v) is 5.22. The van der Waals surface area contributed by atoms with E-state index >= 15 is 0 Å². The maximum atomic E-state index is 14.5. The predicted octanol–water partition coefficient (Wildman–Crippen LogP) is 4.35. The van der Waals surface area contributed by atoms with E-state index in [2.05, 4.69) is 10.4 Å². The molecule has 2 heterocycles. The molecule has 0 unspecified atom stereocenters. The van der Waals surface area contributed by atoms with Gasteiger partial charge in [-0.25, -0.2) is 9.07 Å². The topological polar surface area (TPSA) is 67.2 Å². The molecule has 0 radical (unpaired) electrons. The Morgan fingerprint density at radius 2 is 2.00 bits per heavy atom. The number of carbonyl (C=O) groups is 2. The van der Waals surface area contributed by atoms with Crippen LogP contribution in [0.1, 0.15) is 28.9 Å². The normalized spacial score (nSPS) is 13.8. The minimum Gasteiger partial charge on any atom is -0.322 e. The monoisotopic (exact) mass is 412 g/mol.